The lowest BCUT2D eigenvalue weighted by Gasteiger charge is -2.26. The van der Waals surface area contributed by atoms with E-state index in [-0.39, 0.29) is 31.1 Å². The van der Waals surface area contributed by atoms with Gasteiger partial charge in [-0.1, -0.05) is 0 Å². The van der Waals surface area contributed by atoms with Crippen molar-refractivity contribution in [3.8, 4) is 0 Å². The molecular formula is C16H25N5O5S. The Morgan fingerprint density at radius 1 is 1.19 bits per heavy atom. The number of rotatable bonds is 8. The van der Waals surface area contributed by atoms with E-state index in [4.69, 9.17) is 10.5 Å². The fraction of sp³-hybridized carbons (Fsp3) is 0.500. The van der Waals surface area contributed by atoms with Gasteiger partial charge in [-0.3, -0.25) is 9.59 Å². The Kier molecular flexibility index (Phi) is 7.54. The number of nitrogens with two attached hydrogens (primary N) is 1. The van der Waals surface area contributed by atoms with Crippen LogP contribution >= 0.6 is 0 Å². The van der Waals surface area contributed by atoms with Crippen LogP contribution in [0.2, 0.25) is 0 Å². The maximum atomic E-state index is 12.8. The summed E-state index contributed by atoms with van der Waals surface area (Å²) in [6.45, 7) is 3.24. The van der Waals surface area contributed by atoms with Crippen molar-refractivity contribution in [2.24, 2.45) is 5.73 Å². The zero-order valence-corrected chi connectivity index (χ0v) is 16.0. The van der Waals surface area contributed by atoms with E-state index < -0.39 is 21.8 Å². The lowest BCUT2D eigenvalue weighted by Crippen LogP contribution is -2.40. The second-order valence-corrected chi connectivity index (χ2v) is 7.72. The number of anilines is 2. The lowest BCUT2D eigenvalue weighted by molar-refractivity contribution is -0.123. The minimum Gasteiger partial charge on any atom is -0.384 e. The third kappa shape index (κ3) is 5.63. The van der Waals surface area contributed by atoms with Crippen LogP contribution in [0.1, 0.15) is 6.92 Å². The Bertz CT molecular complexity index is 777. The second kappa shape index (κ2) is 9.65. The third-order valence-electron chi connectivity index (χ3n) is 3.87. The number of nitrogens with one attached hydrogen (secondary N) is 3. The summed E-state index contributed by atoms with van der Waals surface area (Å²) in [5.74, 6) is -0.947. The van der Waals surface area contributed by atoms with Gasteiger partial charge in [-0.05, 0) is 25.1 Å². The molecule has 1 fully saturated rings. The summed E-state index contributed by atoms with van der Waals surface area (Å²) >= 11 is 0. The number of carbonyl (C=O) groups excluding carboxylic acids is 2. The molecule has 0 radical (unpaired) electrons. The van der Waals surface area contributed by atoms with Crippen molar-refractivity contribution in [1.29, 1.82) is 0 Å². The fourth-order valence-corrected chi connectivity index (χ4v) is 3.95. The maximum absolute atomic E-state index is 12.8. The van der Waals surface area contributed by atoms with E-state index in [1.54, 1.807) is 6.07 Å². The van der Waals surface area contributed by atoms with E-state index in [1.165, 1.54) is 16.4 Å². The molecule has 11 heteroatoms. The molecule has 2 rings (SSSR count). The Hall–Kier alpha value is -2.21. The molecule has 0 atom stereocenters. The van der Waals surface area contributed by atoms with Gasteiger partial charge >= 0.3 is 0 Å². The number of carbonyl (C=O) groups is 2. The summed E-state index contributed by atoms with van der Waals surface area (Å²) in [6.07, 6.45) is 0. The van der Waals surface area contributed by atoms with Gasteiger partial charge in [0.15, 0.2) is 0 Å². The number of benzene rings is 1. The minimum atomic E-state index is -3.69. The van der Waals surface area contributed by atoms with Crippen molar-refractivity contribution in [1.82, 2.24) is 9.62 Å². The summed E-state index contributed by atoms with van der Waals surface area (Å²) in [5.41, 5.74) is 6.08. The second-order valence-electron chi connectivity index (χ2n) is 5.78. The van der Waals surface area contributed by atoms with Gasteiger partial charge < -0.3 is 26.4 Å². The molecule has 1 aromatic rings. The molecule has 5 N–H and O–H groups in total. The van der Waals surface area contributed by atoms with Gasteiger partial charge in [0, 0.05) is 19.6 Å². The van der Waals surface area contributed by atoms with Gasteiger partial charge in [-0.25, -0.2) is 8.42 Å². The number of hydrogen-bond acceptors (Lipinski definition) is 7. The smallest absolute Gasteiger partial charge is 0.243 e. The van der Waals surface area contributed by atoms with Crippen molar-refractivity contribution >= 4 is 33.2 Å². The van der Waals surface area contributed by atoms with Gasteiger partial charge in [0.05, 0.1) is 42.6 Å². The van der Waals surface area contributed by atoms with Gasteiger partial charge in [0.2, 0.25) is 21.8 Å². The highest BCUT2D eigenvalue weighted by Gasteiger charge is 2.27. The summed E-state index contributed by atoms with van der Waals surface area (Å²) in [6, 6.07) is 4.50. The van der Waals surface area contributed by atoms with Crippen LogP contribution in [0.5, 0.6) is 0 Å². The maximum Gasteiger partial charge on any atom is 0.243 e. The molecule has 1 aliphatic rings. The Morgan fingerprint density at radius 2 is 1.89 bits per heavy atom. The first-order chi connectivity index (χ1) is 12.9. The standard InChI is InChI=1S/C16H25N5O5S/c1-2-18-13-4-3-12(27(24,25)21-5-7-26-8-6-21)9-14(13)20-16(23)11-19-15(22)10-17/h3-4,9,18H,2,5-8,10-11,17H2,1H3,(H,19,22)(H,20,23). The molecule has 0 aliphatic carbocycles. The summed E-state index contributed by atoms with van der Waals surface area (Å²) in [4.78, 5) is 23.3. The SMILES string of the molecule is CCNc1ccc(S(=O)(=O)N2CCOCC2)cc1NC(=O)CNC(=O)CN. The van der Waals surface area contributed by atoms with Crippen LogP contribution in [-0.4, -0.2) is 70.5 Å². The number of ether oxygens (including phenoxy) is 1. The highest BCUT2D eigenvalue weighted by Crippen LogP contribution is 2.27. The van der Waals surface area contributed by atoms with E-state index >= 15 is 0 Å². The zero-order chi connectivity index (χ0) is 19.9. The molecule has 0 aromatic heterocycles. The molecule has 2 amide bonds. The van der Waals surface area contributed by atoms with E-state index in [9.17, 15) is 18.0 Å². The van der Waals surface area contributed by atoms with Gasteiger partial charge in [0.1, 0.15) is 0 Å². The fourth-order valence-electron chi connectivity index (χ4n) is 2.51. The van der Waals surface area contributed by atoms with Crippen molar-refractivity contribution in [2.45, 2.75) is 11.8 Å². The van der Waals surface area contributed by atoms with Crippen LogP contribution < -0.4 is 21.7 Å². The largest absolute Gasteiger partial charge is 0.384 e. The molecule has 0 unspecified atom stereocenters. The normalized spacial score (nSPS) is 15.2. The Labute approximate surface area is 158 Å². The Morgan fingerprint density at radius 3 is 2.52 bits per heavy atom. The number of hydrogen-bond donors (Lipinski definition) is 4. The Balaban J connectivity index is 2.22. The van der Waals surface area contributed by atoms with Crippen molar-refractivity contribution in [2.75, 3.05) is 56.6 Å². The third-order valence-corrected chi connectivity index (χ3v) is 5.77. The molecule has 1 saturated heterocycles. The first-order valence-corrected chi connectivity index (χ1v) is 10.0. The topological polar surface area (TPSA) is 143 Å². The summed E-state index contributed by atoms with van der Waals surface area (Å²) < 4.78 is 32.2. The number of sulfonamides is 1. The van der Waals surface area contributed by atoms with E-state index in [0.717, 1.165) is 0 Å². The first-order valence-electron chi connectivity index (χ1n) is 8.61. The molecule has 1 aliphatic heterocycles. The molecule has 10 nitrogen and oxygen atoms in total. The summed E-state index contributed by atoms with van der Waals surface area (Å²) in [5, 5.41) is 8.05. The van der Waals surface area contributed by atoms with Crippen molar-refractivity contribution < 1.29 is 22.7 Å². The van der Waals surface area contributed by atoms with Crippen LogP contribution in [-0.2, 0) is 24.3 Å². The molecule has 1 aromatic carbocycles. The number of morpholine rings is 1. The molecular weight excluding hydrogens is 374 g/mol. The van der Waals surface area contributed by atoms with Gasteiger partial charge in [-0.15, -0.1) is 0 Å². The minimum absolute atomic E-state index is 0.0762. The predicted octanol–water partition coefficient (Wildman–Crippen LogP) is -0.847. The quantitative estimate of drug-likeness (QED) is 0.446. The van der Waals surface area contributed by atoms with E-state index in [0.29, 0.717) is 31.1 Å². The molecule has 0 spiro atoms. The van der Waals surface area contributed by atoms with E-state index in [1.807, 2.05) is 6.92 Å². The van der Waals surface area contributed by atoms with Crippen molar-refractivity contribution in [3.05, 3.63) is 18.2 Å². The molecule has 0 bridgehead atoms. The number of amides is 2. The van der Waals surface area contributed by atoms with Gasteiger partial charge in [0.25, 0.3) is 0 Å². The number of nitrogens with zero attached hydrogens (tertiary/aromatic N) is 1. The average molecular weight is 399 g/mol. The highest BCUT2D eigenvalue weighted by molar-refractivity contribution is 7.89. The molecule has 1 heterocycles. The highest BCUT2D eigenvalue weighted by atomic mass is 32.2. The summed E-state index contributed by atoms with van der Waals surface area (Å²) in [7, 11) is -3.69. The first kappa shape index (κ1) is 21.1. The zero-order valence-electron chi connectivity index (χ0n) is 15.2. The van der Waals surface area contributed by atoms with Crippen LogP contribution in [0.4, 0.5) is 11.4 Å². The predicted molar refractivity (Wildman–Crippen MR) is 101 cm³/mol. The van der Waals surface area contributed by atoms with Crippen LogP contribution in [0.15, 0.2) is 23.1 Å². The van der Waals surface area contributed by atoms with Gasteiger partial charge in [-0.2, -0.15) is 4.31 Å². The monoisotopic (exact) mass is 399 g/mol. The van der Waals surface area contributed by atoms with Crippen LogP contribution in [0.3, 0.4) is 0 Å². The molecule has 150 valence electrons. The van der Waals surface area contributed by atoms with E-state index in [2.05, 4.69) is 16.0 Å². The lowest BCUT2D eigenvalue weighted by atomic mass is 10.2. The molecule has 0 saturated carbocycles. The van der Waals surface area contributed by atoms with Crippen LogP contribution in [0, 0.1) is 0 Å². The average Bonchev–Trinajstić information content (AvgIpc) is 2.68. The molecule has 27 heavy (non-hydrogen) atoms. The van der Waals surface area contributed by atoms with Crippen molar-refractivity contribution in [3.63, 3.8) is 0 Å². The van der Waals surface area contributed by atoms with Crippen LogP contribution in [0.25, 0.3) is 0 Å².